The van der Waals surface area contributed by atoms with Crippen molar-refractivity contribution in [2.75, 3.05) is 20.8 Å². The summed E-state index contributed by atoms with van der Waals surface area (Å²) in [5.41, 5.74) is 1.97. The van der Waals surface area contributed by atoms with Crippen LogP contribution < -0.4 is 14.8 Å². The van der Waals surface area contributed by atoms with Gasteiger partial charge in [0.2, 0.25) is 0 Å². The van der Waals surface area contributed by atoms with Crippen LogP contribution in [-0.4, -0.2) is 30.4 Å². The van der Waals surface area contributed by atoms with Crippen LogP contribution in [-0.2, 0) is 0 Å². The first-order valence-corrected chi connectivity index (χ1v) is 7.22. The number of hydrogen-bond acceptors (Lipinski definition) is 6. The van der Waals surface area contributed by atoms with Gasteiger partial charge >= 0.3 is 0 Å². The number of nitrogens with zero attached hydrogens (tertiary/aromatic N) is 2. The molecule has 0 aliphatic carbocycles. The zero-order valence-electron chi connectivity index (χ0n) is 12.1. The summed E-state index contributed by atoms with van der Waals surface area (Å²) >= 11 is 1.41. The predicted molar refractivity (Wildman–Crippen MR) is 79.7 cm³/mol. The molecule has 1 atom stereocenters. The van der Waals surface area contributed by atoms with Crippen LogP contribution in [0.3, 0.4) is 0 Å². The predicted octanol–water partition coefficient (Wildman–Crippen LogP) is 2.56. The van der Waals surface area contributed by atoms with Crippen molar-refractivity contribution < 1.29 is 9.47 Å². The maximum Gasteiger partial charge on any atom is 0.124 e. The van der Waals surface area contributed by atoms with Gasteiger partial charge in [-0.2, -0.15) is 0 Å². The van der Waals surface area contributed by atoms with Gasteiger partial charge in [0.15, 0.2) is 0 Å². The molecule has 0 saturated heterocycles. The molecule has 1 aromatic carbocycles. The SMILES string of the molecule is CCNC(c1cc(OC)ccc1OC)c1snnc1C. The molecule has 0 fully saturated rings. The van der Waals surface area contributed by atoms with E-state index in [-0.39, 0.29) is 6.04 Å². The monoisotopic (exact) mass is 293 g/mol. The third kappa shape index (κ3) is 2.91. The molecule has 20 heavy (non-hydrogen) atoms. The van der Waals surface area contributed by atoms with E-state index in [1.807, 2.05) is 25.1 Å². The standard InChI is InChI=1S/C14H19N3O2S/c1-5-15-13(14-9(2)16-17-20-14)11-8-10(18-3)6-7-12(11)19-4/h6-8,13,15H,5H2,1-4H3. The largest absolute Gasteiger partial charge is 0.497 e. The second kappa shape index (κ2) is 6.67. The molecule has 1 aromatic heterocycles. The van der Waals surface area contributed by atoms with E-state index in [4.69, 9.17) is 9.47 Å². The van der Waals surface area contributed by atoms with E-state index in [2.05, 4.69) is 21.8 Å². The van der Waals surface area contributed by atoms with Crippen LogP contribution in [0.4, 0.5) is 0 Å². The minimum Gasteiger partial charge on any atom is -0.497 e. The summed E-state index contributed by atoms with van der Waals surface area (Å²) < 4.78 is 14.8. The Hall–Kier alpha value is -1.66. The highest BCUT2D eigenvalue weighted by Crippen LogP contribution is 2.35. The summed E-state index contributed by atoms with van der Waals surface area (Å²) in [5, 5.41) is 7.56. The molecule has 0 saturated carbocycles. The molecule has 0 radical (unpaired) electrons. The summed E-state index contributed by atoms with van der Waals surface area (Å²) in [6.45, 7) is 4.88. The first kappa shape index (κ1) is 14.7. The summed E-state index contributed by atoms with van der Waals surface area (Å²) in [7, 11) is 3.33. The van der Waals surface area contributed by atoms with Crippen molar-refractivity contribution in [3.63, 3.8) is 0 Å². The molecule has 0 aliphatic heterocycles. The number of aryl methyl sites for hydroxylation is 1. The Morgan fingerprint density at radius 2 is 2.10 bits per heavy atom. The maximum atomic E-state index is 5.48. The fourth-order valence-electron chi connectivity index (χ4n) is 2.12. The smallest absolute Gasteiger partial charge is 0.124 e. The molecule has 0 spiro atoms. The Bertz CT molecular complexity index is 571. The molecular weight excluding hydrogens is 274 g/mol. The molecule has 0 amide bonds. The molecular formula is C14H19N3O2S. The zero-order chi connectivity index (χ0) is 14.5. The number of ether oxygens (including phenoxy) is 2. The number of methoxy groups -OCH3 is 2. The van der Waals surface area contributed by atoms with E-state index in [0.717, 1.165) is 34.2 Å². The average molecular weight is 293 g/mol. The molecule has 108 valence electrons. The lowest BCUT2D eigenvalue weighted by molar-refractivity contribution is 0.394. The van der Waals surface area contributed by atoms with Crippen molar-refractivity contribution in [2.24, 2.45) is 0 Å². The summed E-state index contributed by atoms with van der Waals surface area (Å²) in [4.78, 5) is 1.10. The van der Waals surface area contributed by atoms with Crippen LogP contribution in [0.25, 0.3) is 0 Å². The summed E-state index contributed by atoms with van der Waals surface area (Å²) in [6.07, 6.45) is 0. The summed E-state index contributed by atoms with van der Waals surface area (Å²) in [6, 6.07) is 5.81. The molecule has 2 aromatic rings. The van der Waals surface area contributed by atoms with Gasteiger partial charge < -0.3 is 14.8 Å². The highest BCUT2D eigenvalue weighted by Gasteiger charge is 2.22. The third-order valence-electron chi connectivity index (χ3n) is 3.10. The fraction of sp³-hybridized carbons (Fsp3) is 0.429. The molecule has 0 aliphatic rings. The topological polar surface area (TPSA) is 56.3 Å². The Balaban J connectivity index is 2.50. The van der Waals surface area contributed by atoms with Crippen LogP contribution in [0.15, 0.2) is 18.2 Å². The van der Waals surface area contributed by atoms with E-state index >= 15 is 0 Å². The van der Waals surface area contributed by atoms with Gasteiger partial charge in [-0.3, -0.25) is 0 Å². The Labute approximate surface area is 123 Å². The van der Waals surface area contributed by atoms with Gasteiger partial charge in [-0.1, -0.05) is 11.4 Å². The highest BCUT2D eigenvalue weighted by molar-refractivity contribution is 7.05. The van der Waals surface area contributed by atoms with Gasteiger partial charge in [0.1, 0.15) is 11.5 Å². The third-order valence-corrected chi connectivity index (χ3v) is 4.00. The van der Waals surface area contributed by atoms with Gasteiger partial charge in [-0.05, 0) is 43.2 Å². The number of rotatable bonds is 6. The second-order valence-corrected chi connectivity index (χ2v) is 5.11. The van der Waals surface area contributed by atoms with Crippen LogP contribution in [0.5, 0.6) is 11.5 Å². The van der Waals surface area contributed by atoms with Crippen LogP contribution >= 0.6 is 11.5 Å². The molecule has 1 unspecified atom stereocenters. The molecule has 2 rings (SSSR count). The molecule has 6 heteroatoms. The summed E-state index contributed by atoms with van der Waals surface area (Å²) in [5.74, 6) is 1.63. The number of aromatic nitrogens is 2. The fourth-order valence-corrected chi connectivity index (χ4v) is 2.86. The first-order chi connectivity index (χ1) is 9.71. The number of benzene rings is 1. The van der Waals surface area contributed by atoms with Gasteiger partial charge in [0.05, 0.1) is 30.8 Å². The number of hydrogen-bond donors (Lipinski definition) is 1. The van der Waals surface area contributed by atoms with Crippen molar-refractivity contribution in [3.8, 4) is 11.5 Å². The molecule has 1 N–H and O–H groups in total. The number of nitrogens with one attached hydrogen (secondary N) is 1. The quantitative estimate of drug-likeness (QED) is 0.887. The highest BCUT2D eigenvalue weighted by atomic mass is 32.1. The minimum absolute atomic E-state index is 0.00468. The van der Waals surface area contributed by atoms with Crippen molar-refractivity contribution >= 4 is 11.5 Å². The molecule has 1 heterocycles. The van der Waals surface area contributed by atoms with Crippen molar-refractivity contribution in [1.29, 1.82) is 0 Å². The van der Waals surface area contributed by atoms with Gasteiger partial charge in [-0.15, -0.1) is 5.10 Å². The normalized spacial score (nSPS) is 12.2. The van der Waals surface area contributed by atoms with Crippen LogP contribution in [0, 0.1) is 6.92 Å². The van der Waals surface area contributed by atoms with Crippen LogP contribution in [0.1, 0.15) is 29.1 Å². The van der Waals surface area contributed by atoms with Crippen molar-refractivity contribution in [1.82, 2.24) is 14.9 Å². The molecule has 0 bridgehead atoms. The lowest BCUT2D eigenvalue weighted by Crippen LogP contribution is -2.22. The lowest BCUT2D eigenvalue weighted by Gasteiger charge is -2.20. The van der Waals surface area contributed by atoms with E-state index < -0.39 is 0 Å². The van der Waals surface area contributed by atoms with E-state index in [1.54, 1.807) is 14.2 Å². The van der Waals surface area contributed by atoms with Gasteiger partial charge in [0.25, 0.3) is 0 Å². The zero-order valence-corrected chi connectivity index (χ0v) is 13.0. The van der Waals surface area contributed by atoms with E-state index in [1.165, 1.54) is 11.5 Å². The Morgan fingerprint density at radius 1 is 1.30 bits per heavy atom. The van der Waals surface area contributed by atoms with Crippen LogP contribution in [0.2, 0.25) is 0 Å². The van der Waals surface area contributed by atoms with Crippen molar-refractivity contribution in [3.05, 3.63) is 34.3 Å². The average Bonchev–Trinajstić information content (AvgIpc) is 2.90. The van der Waals surface area contributed by atoms with Gasteiger partial charge in [-0.25, -0.2) is 0 Å². The second-order valence-electron chi connectivity index (χ2n) is 4.32. The lowest BCUT2D eigenvalue weighted by atomic mass is 10.0. The minimum atomic E-state index is 0.00468. The van der Waals surface area contributed by atoms with E-state index in [0.29, 0.717) is 0 Å². The maximum absolute atomic E-state index is 5.48. The Morgan fingerprint density at radius 3 is 2.65 bits per heavy atom. The first-order valence-electron chi connectivity index (χ1n) is 6.45. The van der Waals surface area contributed by atoms with E-state index in [9.17, 15) is 0 Å². The molecule has 5 nitrogen and oxygen atoms in total. The van der Waals surface area contributed by atoms with Crippen molar-refractivity contribution in [2.45, 2.75) is 19.9 Å². The Kier molecular flexibility index (Phi) is 4.92. The van der Waals surface area contributed by atoms with Gasteiger partial charge in [0, 0.05) is 5.56 Å².